The van der Waals surface area contributed by atoms with Crippen molar-refractivity contribution in [2.24, 2.45) is 0 Å². The summed E-state index contributed by atoms with van der Waals surface area (Å²) in [7, 11) is 6.43. The second-order valence-corrected chi connectivity index (χ2v) is 9.37. The number of nitrogens with one attached hydrogen (secondary N) is 1. The SMILES string of the molecule is CN1CCC(N(C)[C@@H]2CCCC[C@H]2N(C)C(=O)Nc2ccc3c(c2)OCCCO3)CC1. The second-order valence-electron chi connectivity index (χ2n) is 9.37. The highest BCUT2D eigenvalue weighted by Crippen LogP contribution is 2.33. The fourth-order valence-corrected chi connectivity index (χ4v) is 5.29. The number of hydrogen-bond donors (Lipinski definition) is 1. The second kappa shape index (κ2) is 10.1. The Morgan fingerprint density at radius 1 is 0.968 bits per heavy atom. The Hall–Kier alpha value is -1.99. The van der Waals surface area contributed by atoms with E-state index in [0.29, 0.717) is 31.0 Å². The Balaban J connectivity index is 1.41. The van der Waals surface area contributed by atoms with Gasteiger partial charge in [-0.3, -0.25) is 4.90 Å². The van der Waals surface area contributed by atoms with E-state index >= 15 is 0 Å². The Bertz CT molecular complexity index is 750. The maximum atomic E-state index is 13.2. The Kier molecular flexibility index (Phi) is 7.23. The molecule has 3 aliphatic rings. The summed E-state index contributed by atoms with van der Waals surface area (Å²) in [6.07, 6.45) is 7.95. The van der Waals surface area contributed by atoms with Crippen LogP contribution in [-0.4, -0.2) is 86.3 Å². The number of fused-ring (bicyclic) bond motifs is 1. The molecule has 1 aromatic rings. The normalized spacial score (nSPS) is 25.2. The van der Waals surface area contributed by atoms with Gasteiger partial charge in [0, 0.05) is 43.3 Å². The zero-order valence-electron chi connectivity index (χ0n) is 19.3. The lowest BCUT2D eigenvalue weighted by Gasteiger charge is -2.46. The van der Waals surface area contributed by atoms with Crippen LogP contribution in [0.5, 0.6) is 11.5 Å². The molecule has 2 amide bonds. The van der Waals surface area contributed by atoms with Gasteiger partial charge in [0.2, 0.25) is 0 Å². The average Bonchev–Trinajstić information content (AvgIpc) is 3.03. The van der Waals surface area contributed by atoms with Crippen LogP contribution in [0.25, 0.3) is 0 Å². The van der Waals surface area contributed by atoms with E-state index in [1.165, 1.54) is 25.7 Å². The predicted octanol–water partition coefficient (Wildman–Crippen LogP) is 3.65. The number of hydrogen-bond acceptors (Lipinski definition) is 5. The largest absolute Gasteiger partial charge is 0.490 e. The highest BCUT2D eigenvalue weighted by molar-refractivity contribution is 5.89. The summed E-state index contributed by atoms with van der Waals surface area (Å²) in [6.45, 7) is 3.62. The first kappa shape index (κ1) is 22.2. The van der Waals surface area contributed by atoms with Gasteiger partial charge in [0.15, 0.2) is 11.5 Å². The van der Waals surface area contributed by atoms with Gasteiger partial charge >= 0.3 is 6.03 Å². The number of rotatable bonds is 4. The lowest BCUT2D eigenvalue weighted by atomic mass is 9.87. The van der Waals surface area contributed by atoms with E-state index in [9.17, 15) is 4.79 Å². The van der Waals surface area contributed by atoms with E-state index in [2.05, 4.69) is 29.2 Å². The molecule has 0 unspecified atom stereocenters. The van der Waals surface area contributed by atoms with Crippen molar-refractivity contribution in [1.29, 1.82) is 0 Å². The fourth-order valence-electron chi connectivity index (χ4n) is 5.29. The minimum absolute atomic E-state index is 0.0526. The summed E-state index contributed by atoms with van der Waals surface area (Å²) < 4.78 is 11.5. The minimum atomic E-state index is -0.0526. The molecule has 1 saturated heterocycles. The summed E-state index contributed by atoms with van der Waals surface area (Å²) in [5, 5.41) is 3.08. The van der Waals surface area contributed by atoms with E-state index in [4.69, 9.17) is 9.47 Å². The monoisotopic (exact) mass is 430 g/mol. The van der Waals surface area contributed by atoms with Crippen molar-refractivity contribution in [2.75, 3.05) is 52.8 Å². The molecule has 2 aliphatic heterocycles. The maximum Gasteiger partial charge on any atom is 0.321 e. The van der Waals surface area contributed by atoms with Crippen molar-refractivity contribution < 1.29 is 14.3 Å². The number of likely N-dealkylation sites (N-methyl/N-ethyl adjacent to an activating group) is 2. The van der Waals surface area contributed by atoms with E-state index in [0.717, 1.165) is 43.8 Å². The summed E-state index contributed by atoms with van der Waals surface area (Å²) in [5.74, 6) is 1.45. The van der Waals surface area contributed by atoms with Crippen LogP contribution >= 0.6 is 0 Å². The van der Waals surface area contributed by atoms with Crippen molar-refractivity contribution >= 4 is 11.7 Å². The molecular weight excluding hydrogens is 392 g/mol. The third-order valence-electron chi connectivity index (χ3n) is 7.30. The van der Waals surface area contributed by atoms with Crippen LogP contribution in [0.15, 0.2) is 18.2 Å². The standard InChI is InChI=1S/C24H38N4O3/c1-26-13-11-19(12-14-26)27(2)20-7-4-5-8-21(20)28(3)24(29)25-18-9-10-22-23(17-18)31-16-6-15-30-22/h9-10,17,19-21H,4-8,11-16H2,1-3H3,(H,25,29)/t20-,21-/m1/s1. The zero-order valence-corrected chi connectivity index (χ0v) is 19.3. The van der Waals surface area contributed by atoms with Crippen LogP contribution < -0.4 is 14.8 Å². The average molecular weight is 431 g/mol. The van der Waals surface area contributed by atoms with Gasteiger partial charge in [-0.25, -0.2) is 4.79 Å². The van der Waals surface area contributed by atoms with E-state index < -0.39 is 0 Å². The molecule has 0 spiro atoms. The number of nitrogens with zero attached hydrogens (tertiary/aromatic N) is 3. The lowest BCUT2D eigenvalue weighted by molar-refractivity contribution is 0.0443. The van der Waals surface area contributed by atoms with E-state index in [1.807, 2.05) is 30.1 Å². The number of amides is 2. The van der Waals surface area contributed by atoms with Gasteiger partial charge in [0.25, 0.3) is 0 Å². The predicted molar refractivity (Wildman–Crippen MR) is 123 cm³/mol. The van der Waals surface area contributed by atoms with Crippen LogP contribution in [0.2, 0.25) is 0 Å². The quantitative estimate of drug-likeness (QED) is 0.790. The first-order valence-corrected chi connectivity index (χ1v) is 11.9. The van der Waals surface area contributed by atoms with Gasteiger partial charge < -0.3 is 24.6 Å². The van der Waals surface area contributed by atoms with Crippen LogP contribution in [0.1, 0.15) is 44.9 Å². The molecule has 31 heavy (non-hydrogen) atoms. The van der Waals surface area contributed by atoms with Gasteiger partial charge in [0.05, 0.1) is 13.2 Å². The van der Waals surface area contributed by atoms with E-state index in [-0.39, 0.29) is 12.1 Å². The van der Waals surface area contributed by atoms with Crippen molar-refractivity contribution in [3.05, 3.63) is 18.2 Å². The first-order valence-electron chi connectivity index (χ1n) is 11.9. The number of piperidine rings is 1. The molecule has 1 aromatic carbocycles. The highest BCUT2D eigenvalue weighted by Gasteiger charge is 2.36. The molecule has 4 rings (SSSR count). The molecular formula is C24H38N4O3. The molecule has 2 atom stereocenters. The smallest absolute Gasteiger partial charge is 0.321 e. The zero-order chi connectivity index (χ0) is 21.8. The third-order valence-corrected chi connectivity index (χ3v) is 7.30. The topological polar surface area (TPSA) is 57.3 Å². The Morgan fingerprint density at radius 3 is 2.39 bits per heavy atom. The van der Waals surface area contributed by atoms with Crippen molar-refractivity contribution in [3.8, 4) is 11.5 Å². The first-order chi connectivity index (χ1) is 15.0. The summed E-state index contributed by atoms with van der Waals surface area (Å²) in [6, 6.07) is 6.86. The van der Waals surface area contributed by atoms with Gasteiger partial charge in [-0.05, 0) is 65.0 Å². The molecule has 0 aromatic heterocycles. The molecule has 0 bridgehead atoms. The van der Waals surface area contributed by atoms with E-state index in [1.54, 1.807) is 0 Å². The molecule has 0 radical (unpaired) electrons. The molecule has 1 N–H and O–H groups in total. The van der Waals surface area contributed by atoms with Crippen LogP contribution in [0.4, 0.5) is 10.5 Å². The van der Waals surface area contributed by atoms with Gasteiger partial charge in [0.1, 0.15) is 0 Å². The van der Waals surface area contributed by atoms with Gasteiger partial charge in [-0.15, -0.1) is 0 Å². The summed E-state index contributed by atoms with van der Waals surface area (Å²) in [4.78, 5) is 20.1. The number of likely N-dealkylation sites (tertiary alicyclic amines) is 1. The van der Waals surface area contributed by atoms with Crippen molar-refractivity contribution in [1.82, 2.24) is 14.7 Å². The number of ether oxygens (including phenoxy) is 2. The van der Waals surface area contributed by atoms with Crippen LogP contribution in [0.3, 0.4) is 0 Å². The van der Waals surface area contributed by atoms with Crippen molar-refractivity contribution in [3.63, 3.8) is 0 Å². The summed E-state index contributed by atoms with van der Waals surface area (Å²) >= 11 is 0. The molecule has 7 heteroatoms. The van der Waals surface area contributed by atoms with Gasteiger partial charge in [-0.1, -0.05) is 12.8 Å². The van der Waals surface area contributed by atoms with Gasteiger partial charge in [-0.2, -0.15) is 0 Å². The maximum absolute atomic E-state index is 13.2. The van der Waals surface area contributed by atoms with Crippen LogP contribution in [0, 0.1) is 0 Å². The van der Waals surface area contributed by atoms with Crippen molar-refractivity contribution in [2.45, 2.75) is 63.1 Å². The Morgan fingerprint density at radius 2 is 1.65 bits per heavy atom. The number of carbonyl (C=O) groups excluding carboxylic acids is 1. The highest BCUT2D eigenvalue weighted by atomic mass is 16.5. The number of carbonyl (C=O) groups is 1. The lowest BCUT2D eigenvalue weighted by Crippen LogP contribution is -2.57. The molecule has 1 aliphatic carbocycles. The number of urea groups is 1. The molecule has 2 heterocycles. The molecule has 7 nitrogen and oxygen atoms in total. The van der Waals surface area contributed by atoms with Crippen LogP contribution in [-0.2, 0) is 0 Å². The number of benzene rings is 1. The molecule has 1 saturated carbocycles. The molecule has 2 fully saturated rings. The Labute approximate surface area is 186 Å². The number of anilines is 1. The third kappa shape index (κ3) is 5.26. The minimum Gasteiger partial charge on any atom is -0.490 e. The fraction of sp³-hybridized carbons (Fsp3) is 0.708. The summed E-state index contributed by atoms with van der Waals surface area (Å²) in [5.41, 5.74) is 0.747. The molecule has 172 valence electrons.